The van der Waals surface area contributed by atoms with Gasteiger partial charge in [0.05, 0.1) is 12.5 Å². The van der Waals surface area contributed by atoms with Gasteiger partial charge < -0.3 is 4.74 Å². The van der Waals surface area contributed by atoms with Gasteiger partial charge in [0, 0.05) is 0 Å². The summed E-state index contributed by atoms with van der Waals surface area (Å²) >= 11 is 10.9. The van der Waals surface area contributed by atoms with E-state index in [0.29, 0.717) is 18.4 Å². The summed E-state index contributed by atoms with van der Waals surface area (Å²) in [6.45, 7) is 4.82. The van der Waals surface area contributed by atoms with Crippen LogP contribution in [0.5, 0.6) is 0 Å². The normalized spacial score (nSPS) is 14.3. The lowest BCUT2D eigenvalue weighted by Gasteiger charge is -2.08. The SMILES string of the molecule is CC(C)COC(Cl)CCl. The lowest BCUT2D eigenvalue weighted by Crippen LogP contribution is -2.11. The summed E-state index contributed by atoms with van der Waals surface area (Å²) in [4.78, 5) is 0. The van der Waals surface area contributed by atoms with Gasteiger partial charge in [0.15, 0.2) is 0 Å². The van der Waals surface area contributed by atoms with Crippen molar-refractivity contribution in [3.05, 3.63) is 0 Å². The zero-order chi connectivity index (χ0) is 7.28. The Labute approximate surface area is 66.3 Å². The maximum Gasteiger partial charge on any atom is 0.144 e. The fraction of sp³-hybridized carbons (Fsp3) is 1.00. The third-order valence-corrected chi connectivity index (χ3v) is 1.45. The highest BCUT2D eigenvalue weighted by Crippen LogP contribution is 2.03. The maximum atomic E-state index is 5.56. The van der Waals surface area contributed by atoms with Gasteiger partial charge >= 0.3 is 0 Å². The Morgan fingerprint density at radius 2 is 2.00 bits per heavy atom. The molecule has 56 valence electrons. The van der Waals surface area contributed by atoms with E-state index in [1.807, 2.05) is 0 Å². The Hall–Kier alpha value is 0.540. The third-order valence-electron chi connectivity index (χ3n) is 0.732. The largest absolute Gasteiger partial charge is 0.361 e. The predicted octanol–water partition coefficient (Wildman–Crippen LogP) is 2.46. The van der Waals surface area contributed by atoms with Gasteiger partial charge in [-0.2, -0.15) is 0 Å². The molecule has 1 nitrogen and oxygen atoms in total. The van der Waals surface area contributed by atoms with Crippen molar-refractivity contribution in [2.45, 2.75) is 19.4 Å². The van der Waals surface area contributed by atoms with Crippen molar-refractivity contribution < 1.29 is 4.74 Å². The summed E-state index contributed by atoms with van der Waals surface area (Å²) in [6.07, 6.45) is 0. The Morgan fingerprint density at radius 3 is 2.33 bits per heavy atom. The molecule has 3 heteroatoms. The van der Waals surface area contributed by atoms with Gasteiger partial charge in [0.25, 0.3) is 0 Å². The second kappa shape index (κ2) is 5.33. The zero-order valence-electron chi connectivity index (χ0n) is 5.73. The fourth-order valence-corrected chi connectivity index (χ4v) is 0.503. The van der Waals surface area contributed by atoms with Crippen LogP contribution in [-0.4, -0.2) is 18.1 Å². The van der Waals surface area contributed by atoms with Crippen LogP contribution >= 0.6 is 23.2 Å². The summed E-state index contributed by atoms with van der Waals surface area (Å²) in [5, 5.41) is 0. The van der Waals surface area contributed by atoms with Gasteiger partial charge in [0.1, 0.15) is 5.56 Å². The second-order valence-electron chi connectivity index (χ2n) is 2.29. The molecular formula is C6H12Cl2O. The maximum absolute atomic E-state index is 5.56. The van der Waals surface area contributed by atoms with E-state index in [-0.39, 0.29) is 5.56 Å². The molecule has 0 rings (SSSR count). The van der Waals surface area contributed by atoms with Gasteiger partial charge in [-0.15, -0.1) is 11.6 Å². The van der Waals surface area contributed by atoms with Crippen molar-refractivity contribution in [1.82, 2.24) is 0 Å². The smallest absolute Gasteiger partial charge is 0.144 e. The van der Waals surface area contributed by atoms with E-state index >= 15 is 0 Å². The van der Waals surface area contributed by atoms with Gasteiger partial charge in [-0.05, 0) is 5.92 Å². The van der Waals surface area contributed by atoms with Gasteiger partial charge in [0.2, 0.25) is 0 Å². The summed E-state index contributed by atoms with van der Waals surface area (Å²) < 4.78 is 5.09. The van der Waals surface area contributed by atoms with Crippen molar-refractivity contribution >= 4 is 23.2 Å². The molecule has 0 fully saturated rings. The average molecular weight is 171 g/mol. The molecule has 0 aromatic rings. The van der Waals surface area contributed by atoms with E-state index in [1.54, 1.807) is 0 Å². The first kappa shape index (κ1) is 9.54. The Kier molecular flexibility index (Phi) is 5.65. The highest BCUT2D eigenvalue weighted by molar-refractivity contribution is 6.27. The summed E-state index contributed by atoms with van der Waals surface area (Å²) in [5.74, 6) is 0.878. The predicted molar refractivity (Wildman–Crippen MR) is 41.2 cm³/mol. The first-order valence-electron chi connectivity index (χ1n) is 2.98. The monoisotopic (exact) mass is 170 g/mol. The lowest BCUT2D eigenvalue weighted by atomic mass is 10.2. The molecule has 0 N–H and O–H groups in total. The fourth-order valence-electron chi connectivity index (χ4n) is 0.341. The molecule has 0 spiro atoms. The molecule has 9 heavy (non-hydrogen) atoms. The van der Waals surface area contributed by atoms with E-state index in [1.165, 1.54) is 0 Å². The number of alkyl halides is 2. The molecule has 1 atom stereocenters. The van der Waals surface area contributed by atoms with E-state index < -0.39 is 0 Å². The van der Waals surface area contributed by atoms with Gasteiger partial charge in [-0.25, -0.2) is 0 Å². The molecule has 1 unspecified atom stereocenters. The minimum absolute atomic E-state index is 0.325. The second-order valence-corrected chi connectivity index (χ2v) is 3.09. The summed E-state index contributed by atoms with van der Waals surface area (Å²) in [6, 6.07) is 0. The molecule has 0 bridgehead atoms. The van der Waals surface area contributed by atoms with Crippen molar-refractivity contribution in [3.8, 4) is 0 Å². The molecule has 0 saturated heterocycles. The zero-order valence-corrected chi connectivity index (χ0v) is 7.24. The van der Waals surface area contributed by atoms with E-state index in [0.717, 1.165) is 0 Å². The van der Waals surface area contributed by atoms with Crippen LogP contribution in [0.4, 0.5) is 0 Å². The Bertz CT molecular complexity index is 66.1. The van der Waals surface area contributed by atoms with Crippen molar-refractivity contribution in [3.63, 3.8) is 0 Å². The van der Waals surface area contributed by atoms with E-state index in [9.17, 15) is 0 Å². The van der Waals surface area contributed by atoms with Crippen LogP contribution in [0.2, 0.25) is 0 Å². The Morgan fingerprint density at radius 1 is 1.44 bits per heavy atom. The first-order valence-corrected chi connectivity index (χ1v) is 3.95. The highest BCUT2D eigenvalue weighted by Gasteiger charge is 2.02. The van der Waals surface area contributed by atoms with E-state index in [2.05, 4.69) is 13.8 Å². The van der Waals surface area contributed by atoms with Crippen LogP contribution in [0.1, 0.15) is 13.8 Å². The van der Waals surface area contributed by atoms with Crippen LogP contribution in [0, 0.1) is 5.92 Å². The summed E-state index contributed by atoms with van der Waals surface area (Å²) in [5.41, 5.74) is -0.325. The highest BCUT2D eigenvalue weighted by atomic mass is 35.5. The van der Waals surface area contributed by atoms with Crippen LogP contribution in [-0.2, 0) is 4.74 Å². The van der Waals surface area contributed by atoms with Crippen molar-refractivity contribution in [2.75, 3.05) is 12.5 Å². The molecule has 0 aliphatic heterocycles. The number of rotatable bonds is 4. The lowest BCUT2D eigenvalue weighted by molar-refractivity contribution is 0.0976. The number of hydrogen-bond acceptors (Lipinski definition) is 1. The van der Waals surface area contributed by atoms with Gasteiger partial charge in [-0.3, -0.25) is 0 Å². The van der Waals surface area contributed by atoms with Crippen LogP contribution in [0.3, 0.4) is 0 Å². The topological polar surface area (TPSA) is 9.23 Å². The standard InChI is InChI=1S/C6H12Cl2O/c1-5(2)4-9-6(8)3-7/h5-6H,3-4H2,1-2H3. The van der Waals surface area contributed by atoms with Crippen molar-refractivity contribution in [2.24, 2.45) is 5.92 Å². The molecule has 0 saturated carbocycles. The molecular weight excluding hydrogens is 159 g/mol. The van der Waals surface area contributed by atoms with Crippen LogP contribution in [0.25, 0.3) is 0 Å². The van der Waals surface area contributed by atoms with Crippen LogP contribution < -0.4 is 0 Å². The number of ether oxygens (including phenoxy) is 1. The van der Waals surface area contributed by atoms with Crippen molar-refractivity contribution in [1.29, 1.82) is 0 Å². The molecule has 0 radical (unpaired) electrons. The Balaban J connectivity index is 3.06. The minimum Gasteiger partial charge on any atom is -0.361 e. The minimum atomic E-state index is -0.325. The number of hydrogen-bond donors (Lipinski definition) is 0. The van der Waals surface area contributed by atoms with Gasteiger partial charge in [-0.1, -0.05) is 25.4 Å². The molecule has 0 aliphatic rings. The third kappa shape index (κ3) is 6.42. The molecule has 0 amide bonds. The number of halogens is 2. The average Bonchev–Trinajstić information content (AvgIpc) is 1.83. The molecule has 0 aliphatic carbocycles. The molecule has 0 aromatic heterocycles. The molecule has 0 heterocycles. The summed E-state index contributed by atoms with van der Waals surface area (Å²) in [7, 11) is 0. The van der Waals surface area contributed by atoms with Crippen LogP contribution in [0.15, 0.2) is 0 Å². The van der Waals surface area contributed by atoms with E-state index in [4.69, 9.17) is 27.9 Å². The first-order chi connectivity index (χ1) is 4.16. The molecule has 0 aromatic carbocycles. The quantitative estimate of drug-likeness (QED) is 0.590.